The van der Waals surface area contributed by atoms with Crippen LogP contribution in [0.4, 0.5) is 0 Å². The lowest BCUT2D eigenvalue weighted by atomic mass is 10.1. The van der Waals surface area contributed by atoms with E-state index in [0.29, 0.717) is 13.1 Å². The van der Waals surface area contributed by atoms with Gasteiger partial charge >= 0.3 is 0 Å². The third kappa shape index (κ3) is 5.72. The van der Waals surface area contributed by atoms with E-state index >= 15 is 0 Å². The first-order valence-corrected chi connectivity index (χ1v) is 7.34. The lowest BCUT2D eigenvalue weighted by molar-refractivity contribution is -0.122. The molecule has 4 nitrogen and oxygen atoms in total. The van der Waals surface area contributed by atoms with Crippen LogP contribution < -0.4 is 11.1 Å². The zero-order valence-electron chi connectivity index (χ0n) is 12.9. The van der Waals surface area contributed by atoms with Crippen molar-refractivity contribution in [1.82, 2.24) is 10.2 Å². The largest absolute Gasteiger partial charge is 0.352 e. The maximum atomic E-state index is 11.9. The molecule has 0 radical (unpaired) electrons. The highest BCUT2D eigenvalue weighted by molar-refractivity contribution is 5.78. The number of amides is 1. The normalized spacial score (nSPS) is 11.1. The monoisotopic (exact) mass is 277 g/mol. The predicted octanol–water partition coefficient (Wildman–Crippen LogP) is 1.88. The minimum absolute atomic E-state index is 0.0937. The first-order valence-electron chi connectivity index (χ1n) is 7.34. The van der Waals surface area contributed by atoms with Crippen molar-refractivity contribution < 1.29 is 4.79 Å². The van der Waals surface area contributed by atoms with Gasteiger partial charge in [0.05, 0.1) is 6.54 Å². The van der Waals surface area contributed by atoms with Crippen molar-refractivity contribution in [3.8, 4) is 0 Å². The summed E-state index contributed by atoms with van der Waals surface area (Å²) < 4.78 is 0. The van der Waals surface area contributed by atoms with Crippen molar-refractivity contribution in [2.45, 2.75) is 45.8 Å². The number of carbonyl (C=O) groups excluding carboxylic acids is 1. The molecule has 1 rings (SSSR count). The van der Waals surface area contributed by atoms with E-state index in [1.807, 2.05) is 24.1 Å². The van der Waals surface area contributed by atoms with Crippen LogP contribution in [0.5, 0.6) is 0 Å². The van der Waals surface area contributed by atoms with Gasteiger partial charge in [0, 0.05) is 19.1 Å². The molecule has 0 aliphatic rings. The first kappa shape index (κ1) is 16.7. The topological polar surface area (TPSA) is 58.4 Å². The number of nitrogens with two attached hydrogens (primary N) is 1. The summed E-state index contributed by atoms with van der Waals surface area (Å²) >= 11 is 0. The Morgan fingerprint density at radius 2 is 1.95 bits per heavy atom. The Bertz CT molecular complexity index is 416. The van der Waals surface area contributed by atoms with Crippen LogP contribution in [-0.2, 0) is 17.9 Å². The van der Waals surface area contributed by atoms with Crippen LogP contribution in [0.25, 0.3) is 0 Å². The Morgan fingerprint density at radius 1 is 1.30 bits per heavy atom. The van der Waals surface area contributed by atoms with Gasteiger partial charge < -0.3 is 11.1 Å². The molecule has 0 spiro atoms. The minimum Gasteiger partial charge on any atom is -0.352 e. The van der Waals surface area contributed by atoms with E-state index in [4.69, 9.17) is 5.73 Å². The maximum absolute atomic E-state index is 11.9. The number of benzene rings is 1. The van der Waals surface area contributed by atoms with Crippen LogP contribution in [0.2, 0.25) is 0 Å². The van der Waals surface area contributed by atoms with Crippen molar-refractivity contribution >= 4 is 5.91 Å². The van der Waals surface area contributed by atoms with Crippen molar-refractivity contribution in [2.75, 3.05) is 13.6 Å². The maximum Gasteiger partial charge on any atom is 0.234 e. The number of nitrogens with one attached hydrogen (secondary N) is 1. The molecule has 0 unspecified atom stereocenters. The molecule has 0 aliphatic heterocycles. The molecule has 0 bridgehead atoms. The summed E-state index contributed by atoms with van der Waals surface area (Å²) in [4.78, 5) is 13.9. The highest BCUT2D eigenvalue weighted by Gasteiger charge is 2.11. The number of rotatable bonds is 8. The van der Waals surface area contributed by atoms with Gasteiger partial charge in [-0.05, 0) is 31.0 Å². The van der Waals surface area contributed by atoms with Gasteiger partial charge in [0.15, 0.2) is 0 Å². The quantitative estimate of drug-likeness (QED) is 0.763. The molecule has 1 aromatic carbocycles. The molecule has 0 atom stereocenters. The molecule has 20 heavy (non-hydrogen) atoms. The van der Waals surface area contributed by atoms with E-state index < -0.39 is 0 Å². The number of hydrogen-bond donors (Lipinski definition) is 2. The number of likely N-dealkylation sites (N-methyl/N-ethyl adjacent to an activating group) is 1. The van der Waals surface area contributed by atoms with Crippen LogP contribution in [0, 0.1) is 0 Å². The lowest BCUT2D eigenvalue weighted by Crippen LogP contribution is -2.40. The minimum atomic E-state index is 0.0937. The van der Waals surface area contributed by atoms with Crippen molar-refractivity contribution in [3.63, 3.8) is 0 Å². The van der Waals surface area contributed by atoms with Crippen LogP contribution in [0.1, 0.15) is 37.8 Å². The molecular weight excluding hydrogens is 250 g/mol. The van der Waals surface area contributed by atoms with E-state index in [0.717, 1.165) is 24.9 Å². The summed E-state index contributed by atoms with van der Waals surface area (Å²) in [5.41, 5.74) is 7.95. The van der Waals surface area contributed by atoms with Crippen molar-refractivity contribution in [2.24, 2.45) is 5.73 Å². The van der Waals surface area contributed by atoms with Crippen molar-refractivity contribution in [1.29, 1.82) is 0 Å². The van der Waals surface area contributed by atoms with Gasteiger partial charge in [-0.2, -0.15) is 0 Å². The second kappa shape index (κ2) is 8.72. The molecule has 1 amide bonds. The molecular formula is C16H27N3O. The third-order valence-corrected chi connectivity index (χ3v) is 3.44. The van der Waals surface area contributed by atoms with E-state index in [9.17, 15) is 4.79 Å². The molecule has 0 aliphatic carbocycles. The van der Waals surface area contributed by atoms with Crippen LogP contribution in [-0.4, -0.2) is 30.4 Å². The van der Waals surface area contributed by atoms with Gasteiger partial charge in [0.1, 0.15) is 0 Å². The summed E-state index contributed by atoms with van der Waals surface area (Å²) in [5.74, 6) is 0.0937. The summed E-state index contributed by atoms with van der Waals surface area (Å²) in [6.45, 7) is 5.91. The predicted molar refractivity (Wildman–Crippen MR) is 83.2 cm³/mol. The standard InChI is InChI=1S/C16H27N3O/c1-4-15(5-2)18-16(20)12-19(3)11-14-8-6-7-13(9-14)10-17/h6-9,15H,4-5,10-12,17H2,1-3H3,(H,18,20). The van der Waals surface area contributed by atoms with Gasteiger partial charge in [-0.1, -0.05) is 38.1 Å². The Morgan fingerprint density at radius 3 is 2.55 bits per heavy atom. The van der Waals surface area contributed by atoms with Gasteiger partial charge in [0.25, 0.3) is 0 Å². The van der Waals surface area contributed by atoms with Gasteiger partial charge in [-0.3, -0.25) is 9.69 Å². The summed E-state index contributed by atoms with van der Waals surface area (Å²) in [7, 11) is 1.96. The van der Waals surface area contributed by atoms with E-state index in [1.54, 1.807) is 0 Å². The Hall–Kier alpha value is -1.39. The van der Waals surface area contributed by atoms with Gasteiger partial charge in [-0.15, -0.1) is 0 Å². The van der Waals surface area contributed by atoms with Gasteiger partial charge in [0.2, 0.25) is 5.91 Å². The molecule has 112 valence electrons. The van der Waals surface area contributed by atoms with E-state index in [-0.39, 0.29) is 11.9 Å². The van der Waals surface area contributed by atoms with Crippen molar-refractivity contribution in [3.05, 3.63) is 35.4 Å². The highest BCUT2D eigenvalue weighted by atomic mass is 16.2. The second-order valence-corrected chi connectivity index (χ2v) is 5.28. The fourth-order valence-corrected chi connectivity index (χ4v) is 2.23. The molecule has 4 heteroatoms. The SMILES string of the molecule is CCC(CC)NC(=O)CN(C)Cc1cccc(CN)c1. The number of carbonyl (C=O) groups is 1. The fourth-order valence-electron chi connectivity index (χ4n) is 2.23. The zero-order chi connectivity index (χ0) is 15.0. The molecule has 3 N–H and O–H groups in total. The molecule has 0 saturated carbocycles. The van der Waals surface area contributed by atoms with Crippen LogP contribution >= 0.6 is 0 Å². The molecule has 0 aromatic heterocycles. The summed E-state index contributed by atoms with van der Waals surface area (Å²) in [5, 5.41) is 3.05. The average molecular weight is 277 g/mol. The third-order valence-electron chi connectivity index (χ3n) is 3.44. The smallest absolute Gasteiger partial charge is 0.234 e. The van der Waals surface area contributed by atoms with Crippen LogP contribution in [0.15, 0.2) is 24.3 Å². The molecule has 0 saturated heterocycles. The molecule has 0 heterocycles. The molecule has 0 fully saturated rings. The summed E-state index contributed by atoms with van der Waals surface area (Å²) in [6, 6.07) is 8.47. The van der Waals surface area contributed by atoms with E-state index in [1.165, 1.54) is 5.56 Å². The molecule has 1 aromatic rings. The number of nitrogens with zero attached hydrogens (tertiary/aromatic N) is 1. The lowest BCUT2D eigenvalue weighted by Gasteiger charge is -2.20. The van der Waals surface area contributed by atoms with Gasteiger partial charge in [-0.25, -0.2) is 0 Å². The average Bonchev–Trinajstić information content (AvgIpc) is 2.44. The summed E-state index contributed by atoms with van der Waals surface area (Å²) in [6.07, 6.45) is 1.95. The zero-order valence-corrected chi connectivity index (χ0v) is 12.9. The Labute approximate surface area is 122 Å². The fraction of sp³-hybridized carbons (Fsp3) is 0.562. The second-order valence-electron chi connectivity index (χ2n) is 5.28. The highest BCUT2D eigenvalue weighted by Crippen LogP contribution is 2.07. The van der Waals surface area contributed by atoms with E-state index in [2.05, 4.69) is 31.3 Å². The first-order chi connectivity index (χ1) is 9.58. The van der Waals surface area contributed by atoms with Crippen LogP contribution in [0.3, 0.4) is 0 Å². The number of hydrogen-bond acceptors (Lipinski definition) is 3. The Kier molecular flexibility index (Phi) is 7.26. The Balaban J connectivity index is 2.46.